The molecule has 0 heterocycles. The fraction of sp³-hybridized carbons (Fsp3) is 0.737. The SMILES string of the molecule is C/C=C/[Si](C)(C)CC=NCCCCCCC[Si](C)(C)/C=C/C. The highest BCUT2D eigenvalue weighted by Gasteiger charge is 2.15. The minimum atomic E-state index is -1.15. The molecule has 3 heteroatoms. The van der Waals surface area contributed by atoms with Crippen LogP contribution in [0.15, 0.2) is 28.5 Å². The van der Waals surface area contributed by atoms with E-state index in [1.54, 1.807) is 0 Å². The summed E-state index contributed by atoms with van der Waals surface area (Å²) in [5, 5.41) is 0. The largest absolute Gasteiger partial charge is 0.298 e. The van der Waals surface area contributed by atoms with Gasteiger partial charge in [-0.25, -0.2) is 0 Å². The molecule has 0 aromatic rings. The minimum absolute atomic E-state index is 1.02. The van der Waals surface area contributed by atoms with E-state index in [0.29, 0.717) is 0 Å². The zero-order valence-electron chi connectivity index (χ0n) is 16.0. The van der Waals surface area contributed by atoms with Crippen molar-refractivity contribution in [1.29, 1.82) is 0 Å². The molecule has 0 aromatic heterocycles. The Kier molecular flexibility index (Phi) is 11.8. The Hall–Kier alpha value is -0.416. The first kappa shape index (κ1) is 21.6. The lowest BCUT2D eigenvalue weighted by Gasteiger charge is -2.17. The molecule has 1 nitrogen and oxygen atoms in total. The summed E-state index contributed by atoms with van der Waals surface area (Å²) < 4.78 is 0. The third-order valence-corrected chi connectivity index (χ3v) is 9.44. The van der Waals surface area contributed by atoms with Gasteiger partial charge in [0.25, 0.3) is 0 Å². The smallest absolute Gasteiger partial charge is 0.0765 e. The predicted molar refractivity (Wildman–Crippen MR) is 111 cm³/mol. The van der Waals surface area contributed by atoms with Gasteiger partial charge in [-0.1, -0.05) is 81.5 Å². The van der Waals surface area contributed by atoms with Crippen molar-refractivity contribution in [3.8, 4) is 0 Å². The standard InChI is InChI=1S/C19H39NSi2/c1-7-16-21(3,4)18-13-11-9-10-12-14-20-15-19-22(5,6)17-8-2/h7-8,15-17H,9-14,18-19H2,1-6H3/b16-7+,17-8+,20-15?. The first-order valence-electron chi connectivity index (χ1n) is 9.09. The number of hydrogen-bond donors (Lipinski definition) is 0. The van der Waals surface area contributed by atoms with Gasteiger partial charge in [0.2, 0.25) is 0 Å². The van der Waals surface area contributed by atoms with Gasteiger partial charge in [0.15, 0.2) is 0 Å². The summed E-state index contributed by atoms with van der Waals surface area (Å²) in [6.07, 6.45) is 13.4. The second kappa shape index (κ2) is 12.1. The molecular formula is C19H39NSi2. The molecule has 0 radical (unpaired) electrons. The van der Waals surface area contributed by atoms with Crippen molar-refractivity contribution in [2.24, 2.45) is 4.99 Å². The van der Waals surface area contributed by atoms with E-state index in [4.69, 9.17) is 0 Å². The maximum atomic E-state index is 4.59. The summed E-state index contributed by atoms with van der Waals surface area (Å²) in [4.78, 5) is 4.59. The molecule has 0 bridgehead atoms. The van der Waals surface area contributed by atoms with E-state index in [1.165, 1.54) is 44.2 Å². The van der Waals surface area contributed by atoms with Gasteiger partial charge in [0, 0.05) is 6.54 Å². The number of aliphatic imine (C=N–C) groups is 1. The summed E-state index contributed by atoms with van der Waals surface area (Å²) in [7, 11) is -2.17. The average Bonchev–Trinajstić information content (AvgIpc) is 2.40. The zero-order chi connectivity index (χ0) is 16.9. The van der Waals surface area contributed by atoms with Crippen LogP contribution in [-0.4, -0.2) is 28.9 Å². The Morgan fingerprint density at radius 1 is 0.727 bits per heavy atom. The fourth-order valence-corrected chi connectivity index (χ4v) is 6.63. The molecule has 0 aliphatic rings. The van der Waals surface area contributed by atoms with Gasteiger partial charge in [0.05, 0.1) is 16.1 Å². The second-order valence-electron chi connectivity index (χ2n) is 7.79. The van der Waals surface area contributed by atoms with Gasteiger partial charge in [-0.2, -0.15) is 0 Å². The Morgan fingerprint density at radius 2 is 1.27 bits per heavy atom. The topological polar surface area (TPSA) is 12.4 Å². The van der Waals surface area contributed by atoms with Crippen LogP contribution in [0.25, 0.3) is 0 Å². The quantitative estimate of drug-likeness (QED) is 0.214. The number of hydrogen-bond acceptors (Lipinski definition) is 1. The minimum Gasteiger partial charge on any atom is -0.298 e. The van der Waals surface area contributed by atoms with Gasteiger partial charge in [-0.3, -0.25) is 4.99 Å². The van der Waals surface area contributed by atoms with Gasteiger partial charge < -0.3 is 0 Å². The van der Waals surface area contributed by atoms with E-state index in [0.717, 1.165) is 6.54 Å². The molecule has 0 aliphatic carbocycles. The monoisotopic (exact) mass is 337 g/mol. The Labute approximate surface area is 142 Å². The van der Waals surface area contributed by atoms with Crippen molar-refractivity contribution in [3.05, 3.63) is 23.6 Å². The highest BCUT2D eigenvalue weighted by atomic mass is 28.3. The highest BCUT2D eigenvalue weighted by molar-refractivity contribution is 6.84. The zero-order valence-corrected chi connectivity index (χ0v) is 18.0. The van der Waals surface area contributed by atoms with Crippen LogP contribution in [-0.2, 0) is 0 Å². The van der Waals surface area contributed by atoms with E-state index in [9.17, 15) is 0 Å². The first-order valence-corrected chi connectivity index (χ1v) is 15.7. The highest BCUT2D eigenvalue weighted by Crippen LogP contribution is 2.17. The third kappa shape index (κ3) is 13.3. The van der Waals surface area contributed by atoms with Crippen molar-refractivity contribution in [1.82, 2.24) is 0 Å². The molecule has 0 aliphatic heterocycles. The first-order chi connectivity index (χ1) is 10.3. The normalized spacial score (nSPS) is 13.9. The molecule has 22 heavy (non-hydrogen) atoms. The Morgan fingerprint density at radius 3 is 1.91 bits per heavy atom. The van der Waals surface area contributed by atoms with E-state index in [1.807, 2.05) is 0 Å². The van der Waals surface area contributed by atoms with E-state index in [-0.39, 0.29) is 0 Å². The van der Waals surface area contributed by atoms with Crippen LogP contribution in [0.5, 0.6) is 0 Å². The molecule has 0 fully saturated rings. The van der Waals surface area contributed by atoms with Crippen LogP contribution >= 0.6 is 0 Å². The van der Waals surface area contributed by atoms with Gasteiger partial charge >= 0.3 is 0 Å². The van der Waals surface area contributed by atoms with Gasteiger partial charge in [-0.15, -0.1) is 0 Å². The van der Waals surface area contributed by atoms with Crippen molar-refractivity contribution in [3.63, 3.8) is 0 Å². The molecule has 0 aromatic carbocycles. The van der Waals surface area contributed by atoms with E-state index in [2.05, 4.69) is 74.8 Å². The van der Waals surface area contributed by atoms with Crippen LogP contribution in [0, 0.1) is 0 Å². The van der Waals surface area contributed by atoms with Crippen LogP contribution in [0.4, 0.5) is 0 Å². The van der Waals surface area contributed by atoms with Gasteiger partial charge in [0.1, 0.15) is 0 Å². The third-order valence-electron chi connectivity index (χ3n) is 4.09. The van der Waals surface area contributed by atoms with Gasteiger partial charge in [-0.05, 0) is 32.5 Å². The number of unbranched alkanes of at least 4 members (excludes halogenated alkanes) is 4. The van der Waals surface area contributed by atoms with Crippen molar-refractivity contribution in [2.45, 2.75) is 84.2 Å². The molecular weight excluding hydrogens is 298 g/mol. The number of allylic oxidation sites excluding steroid dienone is 2. The molecule has 0 rings (SSSR count). The maximum absolute atomic E-state index is 4.59. The maximum Gasteiger partial charge on any atom is 0.0765 e. The lowest BCUT2D eigenvalue weighted by atomic mass is 10.1. The lowest BCUT2D eigenvalue weighted by molar-refractivity contribution is 0.636. The summed E-state index contributed by atoms with van der Waals surface area (Å²) in [5.74, 6) is 0. The second-order valence-corrected chi connectivity index (χ2v) is 17.3. The summed E-state index contributed by atoms with van der Waals surface area (Å²) >= 11 is 0. The van der Waals surface area contributed by atoms with E-state index >= 15 is 0 Å². The molecule has 0 amide bonds. The van der Waals surface area contributed by atoms with Crippen LogP contribution in [0.1, 0.15) is 46.0 Å². The molecule has 0 atom stereocenters. The summed E-state index contributed by atoms with van der Waals surface area (Å²) in [5.41, 5.74) is 4.87. The molecule has 0 unspecified atom stereocenters. The molecule has 128 valence electrons. The summed E-state index contributed by atoms with van der Waals surface area (Å²) in [6, 6.07) is 2.63. The Bertz CT molecular complexity index is 354. The molecule has 0 saturated carbocycles. The average molecular weight is 338 g/mol. The number of rotatable bonds is 12. The van der Waals surface area contributed by atoms with Crippen LogP contribution in [0.3, 0.4) is 0 Å². The Balaban J connectivity index is 3.55. The van der Waals surface area contributed by atoms with Crippen molar-refractivity contribution < 1.29 is 0 Å². The molecule has 0 saturated heterocycles. The molecule has 0 N–H and O–H groups in total. The lowest BCUT2D eigenvalue weighted by Crippen LogP contribution is -2.22. The van der Waals surface area contributed by atoms with Crippen molar-refractivity contribution >= 4 is 22.4 Å². The predicted octanol–water partition coefficient (Wildman–Crippen LogP) is 6.66. The fourth-order valence-electron chi connectivity index (χ4n) is 2.76. The van der Waals surface area contributed by atoms with Crippen molar-refractivity contribution in [2.75, 3.05) is 6.54 Å². The van der Waals surface area contributed by atoms with E-state index < -0.39 is 16.1 Å². The van der Waals surface area contributed by atoms with Crippen LogP contribution < -0.4 is 0 Å². The summed E-state index contributed by atoms with van der Waals surface area (Å²) in [6.45, 7) is 15.0. The number of nitrogens with zero attached hydrogens (tertiary/aromatic N) is 1. The van der Waals surface area contributed by atoms with Crippen LogP contribution in [0.2, 0.25) is 38.3 Å². The molecule has 0 spiro atoms.